The molecule has 1 rings (SSSR count). The molecule has 1 fully saturated rings. The fourth-order valence-electron chi connectivity index (χ4n) is 2.04. The molecule has 0 saturated carbocycles. The van der Waals surface area contributed by atoms with E-state index in [0.29, 0.717) is 6.04 Å². The van der Waals surface area contributed by atoms with Crippen LogP contribution in [0.4, 0.5) is 0 Å². The van der Waals surface area contributed by atoms with E-state index in [1.54, 1.807) is 0 Å². The summed E-state index contributed by atoms with van der Waals surface area (Å²) in [6.07, 6.45) is 3.74. The first-order valence-corrected chi connectivity index (χ1v) is 6.46. The van der Waals surface area contributed by atoms with Crippen molar-refractivity contribution in [1.82, 2.24) is 9.80 Å². The van der Waals surface area contributed by atoms with Gasteiger partial charge in [0.15, 0.2) is 0 Å². The molecule has 0 amide bonds. The van der Waals surface area contributed by atoms with E-state index < -0.39 is 0 Å². The maximum Gasteiger partial charge on any atom is 0.0165 e. The highest BCUT2D eigenvalue weighted by Crippen LogP contribution is 2.04. The van der Waals surface area contributed by atoms with Gasteiger partial charge >= 0.3 is 0 Å². The number of nitrogens with zero attached hydrogens (tertiary/aromatic N) is 2. The van der Waals surface area contributed by atoms with E-state index >= 15 is 0 Å². The van der Waals surface area contributed by atoms with Crippen LogP contribution in [0.1, 0.15) is 33.1 Å². The topological polar surface area (TPSA) is 32.5 Å². The van der Waals surface area contributed by atoms with Gasteiger partial charge in [0, 0.05) is 38.8 Å². The van der Waals surface area contributed by atoms with Crippen LogP contribution in [0.2, 0.25) is 0 Å². The number of piperazine rings is 1. The fourth-order valence-corrected chi connectivity index (χ4v) is 2.04. The lowest BCUT2D eigenvalue weighted by Gasteiger charge is -2.35. The van der Waals surface area contributed by atoms with E-state index in [1.807, 2.05) is 0 Å². The number of hydrogen-bond donors (Lipinski definition) is 1. The Morgan fingerprint density at radius 2 is 1.67 bits per heavy atom. The number of rotatable bonds is 6. The first-order chi connectivity index (χ1) is 7.26. The standard InChI is InChI=1S/C12H27N3/c1-3-5-6-14-7-9-15(10-8-14)11-12(13)4-2/h12H,3-11,13H2,1-2H3. The zero-order valence-electron chi connectivity index (χ0n) is 10.4. The lowest BCUT2D eigenvalue weighted by Crippen LogP contribution is -2.49. The van der Waals surface area contributed by atoms with Gasteiger partial charge in [-0.05, 0) is 19.4 Å². The van der Waals surface area contributed by atoms with Crippen molar-refractivity contribution in [3.63, 3.8) is 0 Å². The van der Waals surface area contributed by atoms with Gasteiger partial charge in [-0.1, -0.05) is 20.3 Å². The molecular weight excluding hydrogens is 186 g/mol. The van der Waals surface area contributed by atoms with Crippen LogP contribution in [0.3, 0.4) is 0 Å². The molecule has 15 heavy (non-hydrogen) atoms. The second-order valence-electron chi connectivity index (χ2n) is 4.66. The van der Waals surface area contributed by atoms with Crippen LogP contribution < -0.4 is 5.73 Å². The maximum absolute atomic E-state index is 5.96. The third kappa shape index (κ3) is 4.96. The zero-order chi connectivity index (χ0) is 11.1. The molecule has 0 spiro atoms. The van der Waals surface area contributed by atoms with E-state index in [4.69, 9.17) is 5.73 Å². The largest absolute Gasteiger partial charge is 0.327 e. The Morgan fingerprint density at radius 1 is 1.07 bits per heavy atom. The smallest absolute Gasteiger partial charge is 0.0165 e. The quantitative estimate of drug-likeness (QED) is 0.718. The molecule has 0 aromatic heterocycles. The van der Waals surface area contributed by atoms with Crippen LogP contribution in [-0.2, 0) is 0 Å². The predicted octanol–water partition coefficient (Wildman–Crippen LogP) is 1.14. The molecule has 1 heterocycles. The monoisotopic (exact) mass is 213 g/mol. The fraction of sp³-hybridized carbons (Fsp3) is 1.00. The van der Waals surface area contributed by atoms with Gasteiger partial charge in [0.1, 0.15) is 0 Å². The molecule has 1 saturated heterocycles. The van der Waals surface area contributed by atoms with Crippen molar-refractivity contribution in [3.8, 4) is 0 Å². The van der Waals surface area contributed by atoms with Crippen LogP contribution in [0, 0.1) is 0 Å². The second-order valence-corrected chi connectivity index (χ2v) is 4.66. The van der Waals surface area contributed by atoms with E-state index in [9.17, 15) is 0 Å². The van der Waals surface area contributed by atoms with Crippen LogP contribution in [-0.4, -0.2) is 55.1 Å². The van der Waals surface area contributed by atoms with E-state index in [1.165, 1.54) is 45.6 Å². The van der Waals surface area contributed by atoms with Crippen molar-refractivity contribution in [3.05, 3.63) is 0 Å². The van der Waals surface area contributed by atoms with Gasteiger partial charge in [0.05, 0.1) is 0 Å². The highest BCUT2D eigenvalue weighted by molar-refractivity contribution is 4.74. The van der Waals surface area contributed by atoms with E-state index in [-0.39, 0.29) is 0 Å². The summed E-state index contributed by atoms with van der Waals surface area (Å²) in [5, 5.41) is 0. The average molecular weight is 213 g/mol. The molecule has 0 aromatic rings. The molecule has 3 heteroatoms. The minimum absolute atomic E-state index is 0.368. The van der Waals surface area contributed by atoms with Crippen molar-refractivity contribution in [2.24, 2.45) is 5.73 Å². The van der Waals surface area contributed by atoms with E-state index in [0.717, 1.165) is 13.0 Å². The minimum atomic E-state index is 0.368. The molecule has 1 unspecified atom stereocenters. The maximum atomic E-state index is 5.96. The summed E-state index contributed by atoms with van der Waals surface area (Å²) < 4.78 is 0. The lowest BCUT2D eigenvalue weighted by molar-refractivity contribution is 0.125. The second kappa shape index (κ2) is 7.20. The Kier molecular flexibility index (Phi) is 6.22. The zero-order valence-corrected chi connectivity index (χ0v) is 10.4. The average Bonchev–Trinajstić information content (AvgIpc) is 2.28. The van der Waals surface area contributed by atoms with Gasteiger partial charge in [0.25, 0.3) is 0 Å². The van der Waals surface area contributed by atoms with E-state index in [2.05, 4.69) is 23.6 Å². The Balaban J connectivity index is 2.12. The first-order valence-electron chi connectivity index (χ1n) is 6.46. The van der Waals surface area contributed by atoms with Crippen LogP contribution in [0.15, 0.2) is 0 Å². The molecule has 0 radical (unpaired) electrons. The number of hydrogen-bond acceptors (Lipinski definition) is 3. The molecule has 90 valence electrons. The third-order valence-electron chi connectivity index (χ3n) is 3.31. The molecular formula is C12H27N3. The van der Waals surface area contributed by atoms with Gasteiger partial charge in [-0.25, -0.2) is 0 Å². The molecule has 1 atom stereocenters. The summed E-state index contributed by atoms with van der Waals surface area (Å²) >= 11 is 0. The van der Waals surface area contributed by atoms with Crippen molar-refractivity contribution >= 4 is 0 Å². The summed E-state index contributed by atoms with van der Waals surface area (Å²) in [5.74, 6) is 0. The van der Waals surface area contributed by atoms with Crippen molar-refractivity contribution in [1.29, 1.82) is 0 Å². The Labute approximate surface area is 94.6 Å². The molecule has 0 bridgehead atoms. The van der Waals surface area contributed by atoms with Gasteiger partial charge in [0.2, 0.25) is 0 Å². The Hall–Kier alpha value is -0.120. The SMILES string of the molecule is CCCCN1CCN(CC(N)CC)CC1. The first kappa shape index (κ1) is 12.9. The van der Waals surface area contributed by atoms with Gasteiger partial charge in [-0.15, -0.1) is 0 Å². The van der Waals surface area contributed by atoms with Crippen LogP contribution >= 0.6 is 0 Å². The normalized spacial score (nSPS) is 21.8. The van der Waals surface area contributed by atoms with Crippen LogP contribution in [0.25, 0.3) is 0 Å². The van der Waals surface area contributed by atoms with Gasteiger partial charge in [-0.3, -0.25) is 4.90 Å². The summed E-state index contributed by atoms with van der Waals surface area (Å²) in [4.78, 5) is 5.09. The molecule has 3 nitrogen and oxygen atoms in total. The number of unbranched alkanes of at least 4 members (excludes halogenated alkanes) is 1. The van der Waals surface area contributed by atoms with Crippen LogP contribution in [0.5, 0.6) is 0 Å². The van der Waals surface area contributed by atoms with Gasteiger partial charge < -0.3 is 10.6 Å². The predicted molar refractivity (Wildman–Crippen MR) is 66.1 cm³/mol. The minimum Gasteiger partial charge on any atom is -0.327 e. The summed E-state index contributed by atoms with van der Waals surface area (Å²) in [6.45, 7) is 11.7. The third-order valence-corrected chi connectivity index (χ3v) is 3.31. The summed E-state index contributed by atoms with van der Waals surface area (Å²) in [7, 11) is 0. The van der Waals surface area contributed by atoms with Gasteiger partial charge in [-0.2, -0.15) is 0 Å². The summed E-state index contributed by atoms with van der Waals surface area (Å²) in [5.41, 5.74) is 5.96. The van der Waals surface area contributed by atoms with Crippen molar-refractivity contribution < 1.29 is 0 Å². The molecule has 2 N–H and O–H groups in total. The van der Waals surface area contributed by atoms with Crippen molar-refractivity contribution in [2.45, 2.75) is 39.2 Å². The Morgan fingerprint density at radius 3 is 2.20 bits per heavy atom. The van der Waals surface area contributed by atoms with Crippen molar-refractivity contribution in [2.75, 3.05) is 39.3 Å². The summed E-state index contributed by atoms with van der Waals surface area (Å²) in [6, 6.07) is 0.368. The molecule has 1 aliphatic heterocycles. The highest BCUT2D eigenvalue weighted by Gasteiger charge is 2.17. The highest BCUT2D eigenvalue weighted by atomic mass is 15.3. The molecule has 1 aliphatic rings. The number of nitrogens with two attached hydrogens (primary N) is 1. The molecule has 0 aliphatic carbocycles. The lowest BCUT2D eigenvalue weighted by atomic mass is 10.2. The Bertz CT molecular complexity index is 153. The molecule has 0 aromatic carbocycles.